The van der Waals surface area contributed by atoms with Gasteiger partial charge in [0.15, 0.2) is 5.16 Å². The van der Waals surface area contributed by atoms with Gasteiger partial charge in [0.25, 0.3) is 0 Å². The molecule has 0 aliphatic carbocycles. The predicted molar refractivity (Wildman–Crippen MR) is 95.8 cm³/mol. The van der Waals surface area contributed by atoms with Gasteiger partial charge in [0.2, 0.25) is 5.91 Å². The fraction of sp³-hybridized carbons (Fsp3) is 0.438. The number of carbonyl (C=O) groups excluding carboxylic acids is 1. The van der Waals surface area contributed by atoms with Gasteiger partial charge in [0.05, 0.1) is 18.4 Å². The van der Waals surface area contributed by atoms with Crippen LogP contribution in [0.2, 0.25) is 5.02 Å². The number of amides is 1. The summed E-state index contributed by atoms with van der Waals surface area (Å²) < 4.78 is 7.09. The molecule has 9 heteroatoms. The maximum absolute atomic E-state index is 12.0. The van der Waals surface area contributed by atoms with Gasteiger partial charge in [-0.2, -0.15) is 0 Å². The number of hydrogen-bond donors (Lipinski definition) is 2. The van der Waals surface area contributed by atoms with Gasteiger partial charge in [-0.15, -0.1) is 5.10 Å². The molecule has 1 aromatic heterocycles. The first-order valence-corrected chi connectivity index (χ1v) is 9.39. The van der Waals surface area contributed by atoms with Gasteiger partial charge < -0.3 is 10.1 Å². The van der Waals surface area contributed by atoms with Crippen LogP contribution in [0, 0.1) is 0 Å². The summed E-state index contributed by atoms with van der Waals surface area (Å²) in [5, 5.41) is 10.4. The maximum atomic E-state index is 12.0. The van der Waals surface area contributed by atoms with Crippen molar-refractivity contribution in [2.75, 3.05) is 12.4 Å². The number of ether oxygens (including phenoxy) is 1. The summed E-state index contributed by atoms with van der Waals surface area (Å²) >= 11 is 7.06. The van der Waals surface area contributed by atoms with E-state index in [1.54, 1.807) is 12.1 Å². The summed E-state index contributed by atoms with van der Waals surface area (Å²) in [6, 6.07) is 7.29. The van der Waals surface area contributed by atoms with Crippen molar-refractivity contribution < 1.29 is 9.53 Å². The third-order valence-electron chi connectivity index (χ3n) is 3.87. The van der Waals surface area contributed by atoms with E-state index in [4.69, 9.17) is 16.3 Å². The van der Waals surface area contributed by atoms with Gasteiger partial charge in [-0.3, -0.25) is 9.36 Å². The number of aromatic amines is 1. The number of carbonyl (C=O) groups is 1. The molecule has 1 aliphatic rings. The van der Waals surface area contributed by atoms with E-state index in [-0.39, 0.29) is 23.5 Å². The molecule has 0 saturated carbocycles. The highest BCUT2D eigenvalue weighted by Crippen LogP contribution is 2.18. The molecule has 2 N–H and O–H groups in total. The molecule has 0 radical (unpaired) electrons. The molecule has 1 atom stereocenters. The Hall–Kier alpha value is -1.77. The van der Waals surface area contributed by atoms with E-state index < -0.39 is 0 Å². The maximum Gasteiger partial charge on any atom is 0.344 e. The van der Waals surface area contributed by atoms with E-state index in [0.717, 1.165) is 25.0 Å². The van der Waals surface area contributed by atoms with Gasteiger partial charge in [-0.05, 0) is 30.5 Å². The Balaban J connectivity index is 1.50. The topological polar surface area (TPSA) is 89.0 Å². The smallest absolute Gasteiger partial charge is 0.344 e. The number of rotatable bonds is 7. The minimum Gasteiger partial charge on any atom is -0.376 e. The SMILES string of the molecule is O=C(CSc1n[nH]c(=O)n1CC1CCCO1)NCc1ccc(Cl)cc1. The second-order valence-corrected chi connectivity index (χ2v) is 7.13. The van der Waals surface area contributed by atoms with Crippen LogP contribution >= 0.6 is 23.4 Å². The number of nitrogens with zero attached hydrogens (tertiary/aromatic N) is 2. The Labute approximate surface area is 154 Å². The summed E-state index contributed by atoms with van der Waals surface area (Å²) in [7, 11) is 0. The molecule has 3 rings (SSSR count). The molecule has 1 aromatic carbocycles. The largest absolute Gasteiger partial charge is 0.376 e. The van der Waals surface area contributed by atoms with Crippen molar-refractivity contribution in [3.8, 4) is 0 Å². The van der Waals surface area contributed by atoms with Crippen LogP contribution in [0.3, 0.4) is 0 Å². The lowest BCUT2D eigenvalue weighted by Gasteiger charge is -2.11. The highest BCUT2D eigenvalue weighted by Gasteiger charge is 2.20. The van der Waals surface area contributed by atoms with Crippen LogP contribution in [0.25, 0.3) is 0 Å². The molecule has 134 valence electrons. The van der Waals surface area contributed by atoms with Crippen LogP contribution in [-0.4, -0.2) is 39.1 Å². The Morgan fingerprint density at radius 3 is 2.96 bits per heavy atom. The molecular weight excluding hydrogens is 364 g/mol. The van der Waals surface area contributed by atoms with Crippen molar-refractivity contribution in [3.05, 3.63) is 45.3 Å². The Morgan fingerprint density at radius 1 is 1.44 bits per heavy atom. The first-order valence-electron chi connectivity index (χ1n) is 8.02. The molecule has 0 spiro atoms. The van der Waals surface area contributed by atoms with Gasteiger partial charge in [-0.1, -0.05) is 35.5 Å². The lowest BCUT2D eigenvalue weighted by Crippen LogP contribution is -2.26. The average Bonchev–Trinajstić information content (AvgIpc) is 3.24. The molecule has 2 aromatic rings. The Morgan fingerprint density at radius 2 is 2.24 bits per heavy atom. The first kappa shape index (κ1) is 18.0. The van der Waals surface area contributed by atoms with Gasteiger partial charge in [0, 0.05) is 18.2 Å². The number of aromatic nitrogens is 3. The standard InChI is InChI=1S/C16H19ClN4O3S/c17-12-5-3-11(4-6-12)8-18-14(22)10-25-16-20-19-15(23)21(16)9-13-2-1-7-24-13/h3-6,13H,1-2,7-10H2,(H,18,22)(H,19,23). The van der Waals surface area contributed by atoms with Crippen molar-refractivity contribution in [1.29, 1.82) is 0 Å². The van der Waals surface area contributed by atoms with Crippen LogP contribution in [-0.2, 0) is 22.6 Å². The molecule has 1 fully saturated rings. The molecule has 25 heavy (non-hydrogen) atoms. The summed E-state index contributed by atoms with van der Waals surface area (Å²) in [6.45, 7) is 1.62. The molecule has 7 nitrogen and oxygen atoms in total. The van der Waals surface area contributed by atoms with Gasteiger partial charge in [0.1, 0.15) is 0 Å². The molecule has 1 unspecified atom stereocenters. The van der Waals surface area contributed by atoms with E-state index in [1.807, 2.05) is 12.1 Å². The van der Waals surface area contributed by atoms with Crippen LogP contribution in [0.4, 0.5) is 0 Å². The van der Waals surface area contributed by atoms with Crippen LogP contribution < -0.4 is 11.0 Å². The fourth-order valence-electron chi connectivity index (χ4n) is 2.55. The first-order chi connectivity index (χ1) is 12.1. The van der Waals surface area contributed by atoms with Crippen molar-refractivity contribution in [1.82, 2.24) is 20.1 Å². The van der Waals surface area contributed by atoms with E-state index in [2.05, 4.69) is 15.5 Å². The van der Waals surface area contributed by atoms with E-state index in [1.165, 1.54) is 16.3 Å². The number of hydrogen-bond acceptors (Lipinski definition) is 5. The summed E-state index contributed by atoms with van der Waals surface area (Å²) in [4.78, 5) is 23.9. The zero-order valence-electron chi connectivity index (χ0n) is 13.5. The Bertz CT molecular complexity index is 768. The quantitative estimate of drug-likeness (QED) is 0.713. The van der Waals surface area contributed by atoms with Crippen molar-refractivity contribution in [2.45, 2.75) is 37.2 Å². The highest BCUT2D eigenvalue weighted by atomic mass is 35.5. The Kier molecular flexibility index (Phi) is 6.17. The van der Waals surface area contributed by atoms with Crippen LogP contribution in [0.1, 0.15) is 18.4 Å². The van der Waals surface area contributed by atoms with Crippen LogP contribution in [0.15, 0.2) is 34.2 Å². The summed E-state index contributed by atoms with van der Waals surface area (Å²) in [6.07, 6.45) is 1.98. The van der Waals surface area contributed by atoms with Crippen molar-refractivity contribution in [2.24, 2.45) is 0 Å². The van der Waals surface area contributed by atoms with Crippen LogP contribution in [0.5, 0.6) is 0 Å². The monoisotopic (exact) mass is 382 g/mol. The third kappa shape index (κ3) is 5.10. The third-order valence-corrected chi connectivity index (χ3v) is 5.10. The highest BCUT2D eigenvalue weighted by molar-refractivity contribution is 7.99. The zero-order valence-corrected chi connectivity index (χ0v) is 15.1. The zero-order chi connectivity index (χ0) is 17.6. The summed E-state index contributed by atoms with van der Waals surface area (Å²) in [5.74, 6) is 0.0581. The van der Waals surface area contributed by atoms with Crippen molar-refractivity contribution >= 4 is 29.3 Å². The lowest BCUT2D eigenvalue weighted by molar-refractivity contribution is -0.118. The van der Waals surface area contributed by atoms with Gasteiger partial charge in [-0.25, -0.2) is 9.89 Å². The number of benzene rings is 1. The van der Waals surface area contributed by atoms with Crippen molar-refractivity contribution in [3.63, 3.8) is 0 Å². The fourth-order valence-corrected chi connectivity index (χ4v) is 3.46. The molecule has 1 amide bonds. The average molecular weight is 383 g/mol. The second-order valence-electron chi connectivity index (χ2n) is 5.75. The minimum absolute atomic E-state index is 0.0355. The van der Waals surface area contributed by atoms with E-state index in [9.17, 15) is 9.59 Å². The lowest BCUT2D eigenvalue weighted by atomic mass is 10.2. The predicted octanol–water partition coefficient (Wildman–Crippen LogP) is 1.81. The number of thioether (sulfide) groups is 1. The second kappa shape index (κ2) is 8.55. The summed E-state index contributed by atoms with van der Waals surface area (Å²) in [5.41, 5.74) is 0.692. The van der Waals surface area contributed by atoms with Gasteiger partial charge >= 0.3 is 5.69 Å². The molecule has 1 saturated heterocycles. The molecule has 1 aliphatic heterocycles. The van der Waals surface area contributed by atoms with E-state index in [0.29, 0.717) is 23.3 Å². The van der Waals surface area contributed by atoms with E-state index >= 15 is 0 Å². The number of halogens is 1. The minimum atomic E-state index is -0.278. The molecular formula is C16H19ClN4O3S. The number of nitrogens with one attached hydrogen (secondary N) is 2. The molecule has 0 bridgehead atoms. The molecule has 2 heterocycles. The number of H-pyrrole nitrogens is 1. The normalized spacial score (nSPS) is 16.9.